The molecule has 3 rings (SSSR count). The van der Waals surface area contributed by atoms with Gasteiger partial charge in [-0.2, -0.15) is 0 Å². The quantitative estimate of drug-likeness (QED) is 0.725. The zero-order valence-electron chi connectivity index (χ0n) is 17.9. The molecule has 0 aliphatic carbocycles. The van der Waals surface area contributed by atoms with Gasteiger partial charge >= 0.3 is 0 Å². The van der Waals surface area contributed by atoms with Gasteiger partial charge in [-0.1, -0.05) is 6.08 Å². The van der Waals surface area contributed by atoms with E-state index in [9.17, 15) is 4.79 Å². The van der Waals surface area contributed by atoms with Crippen LogP contribution in [0, 0.1) is 20.8 Å². The topological polar surface area (TPSA) is 74.2 Å². The monoisotopic (exact) mass is 414 g/mol. The van der Waals surface area contributed by atoms with E-state index in [0.29, 0.717) is 5.82 Å². The largest absolute Gasteiger partial charge is 0.329 e. The summed E-state index contributed by atoms with van der Waals surface area (Å²) in [4.78, 5) is 31.9. The van der Waals surface area contributed by atoms with Crippen LogP contribution in [0.3, 0.4) is 0 Å². The number of likely N-dealkylation sites (tertiary alicyclic amines) is 1. The first-order valence-electron chi connectivity index (χ1n) is 10.0. The minimum atomic E-state index is -0.0968. The molecule has 1 fully saturated rings. The van der Waals surface area contributed by atoms with Crippen molar-refractivity contribution in [1.29, 1.82) is 0 Å². The summed E-state index contributed by atoms with van der Waals surface area (Å²) in [5.74, 6) is 1.45. The standard InChI is InChI=1S/C21H30N6OS/c1-14-13-18(25-21-23-15(2)16(3)29-21)24-20(22-14)17-9-6-7-12-27(17)19(28)10-8-11-26(4)5/h8,10,13,17H,6-7,9,11-12H2,1-5H3,(H,22,23,24,25)/b10-8+. The van der Waals surface area contributed by atoms with Crippen LogP contribution >= 0.6 is 11.3 Å². The molecule has 2 aromatic rings. The molecule has 1 aliphatic heterocycles. The average molecular weight is 415 g/mol. The number of aromatic nitrogens is 3. The lowest BCUT2D eigenvalue weighted by Gasteiger charge is -2.34. The minimum absolute atomic E-state index is 0.0299. The van der Waals surface area contributed by atoms with Crippen molar-refractivity contribution in [3.8, 4) is 0 Å². The molecule has 29 heavy (non-hydrogen) atoms. The summed E-state index contributed by atoms with van der Waals surface area (Å²) in [6.07, 6.45) is 6.55. The number of rotatable bonds is 6. The predicted octanol–water partition coefficient (Wildman–Crippen LogP) is 3.77. The summed E-state index contributed by atoms with van der Waals surface area (Å²) in [7, 11) is 3.97. The van der Waals surface area contributed by atoms with Gasteiger partial charge in [0, 0.05) is 35.8 Å². The number of thiazole rings is 1. The van der Waals surface area contributed by atoms with Crippen LogP contribution in [0.2, 0.25) is 0 Å². The molecule has 1 saturated heterocycles. The number of carbonyl (C=O) groups is 1. The Morgan fingerprint density at radius 1 is 1.28 bits per heavy atom. The number of amides is 1. The van der Waals surface area contributed by atoms with Crippen LogP contribution in [-0.2, 0) is 4.79 Å². The molecule has 0 saturated carbocycles. The molecule has 0 bridgehead atoms. The van der Waals surface area contributed by atoms with Crippen LogP contribution in [0.4, 0.5) is 10.9 Å². The fourth-order valence-corrected chi connectivity index (χ4v) is 4.19. The SMILES string of the molecule is Cc1cc(Nc2nc(C)c(C)s2)nc(C2CCCCN2C(=O)/C=C/CN(C)C)n1. The lowest BCUT2D eigenvalue weighted by Crippen LogP contribution is -2.38. The van der Waals surface area contributed by atoms with E-state index in [2.05, 4.69) is 22.2 Å². The Morgan fingerprint density at radius 2 is 2.07 bits per heavy atom. The second kappa shape index (κ2) is 9.45. The summed E-state index contributed by atoms with van der Waals surface area (Å²) < 4.78 is 0. The maximum atomic E-state index is 12.8. The maximum Gasteiger partial charge on any atom is 0.246 e. The highest BCUT2D eigenvalue weighted by Crippen LogP contribution is 2.31. The fourth-order valence-electron chi connectivity index (χ4n) is 3.36. The molecule has 1 unspecified atom stereocenters. The van der Waals surface area contributed by atoms with Gasteiger partial charge in [-0.05, 0) is 54.1 Å². The van der Waals surface area contributed by atoms with E-state index < -0.39 is 0 Å². The van der Waals surface area contributed by atoms with Gasteiger partial charge in [0.25, 0.3) is 0 Å². The Hall–Kier alpha value is -2.32. The zero-order chi connectivity index (χ0) is 21.0. The Bertz CT molecular complexity index is 872. The Morgan fingerprint density at radius 3 is 2.76 bits per heavy atom. The van der Waals surface area contributed by atoms with Gasteiger partial charge in [-0.3, -0.25) is 4.79 Å². The molecular formula is C21H30N6OS. The normalized spacial score (nSPS) is 17.3. The van der Waals surface area contributed by atoms with Crippen molar-refractivity contribution in [2.24, 2.45) is 0 Å². The van der Waals surface area contributed by atoms with Crippen LogP contribution < -0.4 is 5.32 Å². The van der Waals surface area contributed by atoms with Crippen LogP contribution in [0.5, 0.6) is 0 Å². The first-order chi connectivity index (χ1) is 13.8. The van der Waals surface area contributed by atoms with Gasteiger partial charge in [0.15, 0.2) is 11.0 Å². The van der Waals surface area contributed by atoms with E-state index >= 15 is 0 Å². The molecule has 0 aromatic carbocycles. The Balaban J connectivity index is 1.82. The maximum absolute atomic E-state index is 12.8. The summed E-state index contributed by atoms with van der Waals surface area (Å²) in [5, 5.41) is 4.14. The number of likely N-dealkylation sites (N-methyl/N-ethyl adjacent to an activating group) is 1. The molecule has 1 N–H and O–H groups in total. The third-order valence-corrected chi connectivity index (χ3v) is 5.94. The van der Waals surface area contributed by atoms with Gasteiger partial charge in [0.05, 0.1) is 11.7 Å². The molecule has 1 atom stereocenters. The second-order valence-electron chi connectivity index (χ2n) is 7.75. The summed E-state index contributed by atoms with van der Waals surface area (Å²) in [5.41, 5.74) is 1.90. The highest BCUT2D eigenvalue weighted by atomic mass is 32.1. The first-order valence-corrected chi connectivity index (χ1v) is 10.8. The molecule has 0 spiro atoms. The van der Waals surface area contributed by atoms with Crippen molar-refractivity contribution < 1.29 is 4.79 Å². The molecule has 1 aliphatic rings. The van der Waals surface area contributed by atoms with Crippen LogP contribution in [-0.4, -0.2) is 57.8 Å². The molecule has 0 radical (unpaired) electrons. The molecule has 8 heteroatoms. The van der Waals surface area contributed by atoms with Crippen molar-refractivity contribution in [2.75, 3.05) is 32.5 Å². The van der Waals surface area contributed by atoms with Gasteiger partial charge in [0.1, 0.15) is 5.82 Å². The average Bonchev–Trinajstić information content (AvgIpc) is 2.98. The zero-order valence-corrected chi connectivity index (χ0v) is 18.7. The second-order valence-corrected chi connectivity index (χ2v) is 8.95. The Kier molecular flexibility index (Phi) is 6.97. The number of aryl methyl sites for hydroxylation is 3. The van der Waals surface area contributed by atoms with Gasteiger partial charge < -0.3 is 15.1 Å². The number of nitrogens with zero attached hydrogens (tertiary/aromatic N) is 5. The van der Waals surface area contributed by atoms with E-state index in [-0.39, 0.29) is 11.9 Å². The highest BCUT2D eigenvalue weighted by molar-refractivity contribution is 7.15. The lowest BCUT2D eigenvalue weighted by molar-refractivity contribution is -0.129. The van der Waals surface area contributed by atoms with Gasteiger partial charge in [-0.25, -0.2) is 15.0 Å². The third kappa shape index (κ3) is 5.61. The van der Waals surface area contributed by atoms with Crippen molar-refractivity contribution in [3.63, 3.8) is 0 Å². The third-order valence-electron chi connectivity index (χ3n) is 4.95. The number of hydrogen-bond donors (Lipinski definition) is 1. The van der Waals surface area contributed by atoms with E-state index in [1.165, 1.54) is 4.88 Å². The number of carbonyl (C=O) groups excluding carboxylic acids is 1. The van der Waals surface area contributed by atoms with Crippen molar-refractivity contribution >= 4 is 28.2 Å². The fraction of sp³-hybridized carbons (Fsp3) is 0.524. The van der Waals surface area contributed by atoms with E-state index in [0.717, 1.165) is 54.7 Å². The van der Waals surface area contributed by atoms with Crippen molar-refractivity contribution in [1.82, 2.24) is 24.8 Å². The first kappa shape index (κ1) is 21.4. The molecule has 7 nitrogen and oxygen atoms in total. The highest BCUT2D eigenvalue weighted by Gasteiger charge is 2.29. The van der Waals surface area contributed by atoms with Crippen LogP contribution in [0.25, 0.3) is 0 Å². The number of anilines is 2. The molecular weight excluding hydrogens is 384 g/mol. The summed E-state index contributed by atoms with van der Waals surface area (Å²) in [6, 6.07) is 1.82. The number of hydrogen-bond acceptors (Lipinski definition) is 7. The van der Waals surface area contributed by atoms with E-state index in [1.807, 2.05) is 49.9 Å². The lowest BCUT2D eigenvalue weighted by atomic mass is 10.0. The van der Waals surface area contributed by atoms with Gasteiger partial charge in [0.2, 0.25) is 5.91 Å². The summed E-state index contributed by atoms with van der Waals surface area (Å²) in [6.45, 7) is 7.50. The Labute approximate surface area is 176 Å². The molecule has 156 valence electrons. The van der Waals surface area contributed by atoms with Crippen molar-refractivity contribution in [2.45, 2.75) is 46.1 Å². The number of nitrogens with one attached hydrogen (secondary N) is 1. The minimum Gasteiger partial charge on any atom is -0.329 e. The van der Waals surface area contributed by atoms with Crippen LogP contribution in [0.15, 0.2) is 18.2 Å². The van der Waals surface area contributed by atoms with Gasteiger partial charge in [-0.15, -0.1) is 11.3 Å². The molecule has 3 heterocycles. The van der Waals surface area contributed by atoms with Crippen LogP contribution in [0.1, 0.15) is 47.4 Å². The number of piperidine rings is 1. The molecule has 1 amide bonds. The summed E-state index contributed by atoms with van der Waals surface area (Å²) >= 11 is 1.61. The van der Waals surface area contributed by atoms with E-state index in [1.54, 1.807) is 17.4 Å². The van der Waals surface area contributed by atoms with E-state index in [4.69, 9.17) is 4.98 Å². The van der Waals surface area contributed by atoms with Crippen molar-refractivity contribution in [3.05, 3.63) is 40.3 Å². The molecule has 2 aromatic heterocycles. The predicted molar refractivity (Wildman–Crippen MR) is 118 cm³/mol. The smallest absolute Gasteiger partial charge is 0.246 e.